The van der Waals surface area contributed by atoms with E-state index in [9.17, 15) is 4.79 Å². The smallest absolute Gasteiger partial charge is 0.231 e. The van der Waals surface area contributed by atoms with Crippen LogP contribution in [0.25, 0.3) is 0 Å². The lowest BCUT2D eigenvalue weighted by molar-refractivity contribution is -0.124. The first-order valence-corrected chi connectivity index (χ1v) is 8.28. The molecule has 1 heterocycles. The van der Waals surface area contributed by atoms with Crippen molar-refractivity contribution in [1.29, 1.82) is 0 Å². The first-order chi connectivity index (χ1) is 10.3. The Morgan fingerprint density at radius 1 is 1.36 bits per heavy atom. The zero-order valence-corrected chi connectivity index (χ0v) is 14.0. The standard InChI is InChI=1S/C17H21N3OS/c1-11-4-6-12(7-5-11)17(10-16(17,2)3)14(21)19-8-13-9-22-15(18)20-13/h4-7,9H,8,10H2,1-3H3,(H2,18,20)(H,19,21). The topological polar surface area (TPSA) is 68.0 Å². The summed E-state index contributed by atoms with van der Waals surface area (Å²) in [5.74, 6) is 0.0768. The van der Waals surface area contributed by atoms with Gasteiger partial charge in [0.25, 0.3) is 0 Å². The second-order valence-corrected chi connectivity index (χ2v) is 7.58. The second-order valence-electron chi connectivity index (χ2n) is 6.69. The van der Waals surface area contributed by atoms with Gasteiger partial charge in [0, 0.05) is 5.38 Å². The molecule has 1 aromatic heterocycles. The molecule has 1 atom stereocenters. The normalized spacial score (nSPS) is 22.3. The first kappa shape index (κ1) is 15.0. The molecule has 22 heavy (non-hydrogen) atoms. The van der Waals surface area contributed by atoms with Crippen LogP contribution in [0, 0.1) is 12.3 Å². The number of hydrogen-bond donors (Lipinski definition) is 2. The van der Waals surface area contributed by atoms with E-state index in [1.165, 1.54) is 16.9 Å². The van der Waals surface area contributed by atoms with Gasteiger partial charge in [0.1, 0.15) is 0 Å². The number of thiazole rings is 1. The minimum atomic E-state index is -0.428. The van der Waals surface area contributed by atoms with Crippen LogP contribution < -0.4 is 11.1 Å². The van der Waals surface area contributed by atoms with Crippen LogP contribution in [0.2, 0.25) is 0 Å². The third kappa shape index (κ3) is 2.39. The molecule has 0 radical (unpaired) electrons. The summed E-state index contributed by atoms with van der Waals surface area (Å²) in [6.45, 7) is 6.78. The fraction of sp³-hybridized carbons (Fsp3) is 0.412. The maximum Gasteiger partial charge on any atom is 0.231 e. The molecule has 0 saturated heterocycles. The van der Waals surface area contributed by atoms with Crippen LogP contribution in [0.1, 0.15) is 37.1 Å². The number of amides is 1. The number of hydrogen-bond acceptors (Lipinski definition) is 4. The van der Waals surface area contributed by atoms with Crippen molar-refractivity contribution in [3.63, 3.8) is 0 Å². The van der Waals surface area contributed by atoms with E-state index in [4.69, 9.17) is 5.73 Å². The molecule has 1 aliphatic rings. The Balaban J connectivity index is 1.79. The van der Waals surface area contributed by atoms with Crippen molar-refractivity contribution in [2.45, 2.75) is 39.2 Å². The summed E-state index contributed by atoms with van der Waals surface area (Å²) in [6, 6.07) is 8.29. The van der Waals surface area contributed by atoms with Crippen molar-refractivity contribution in [3.05, 3.63) is 46.5 Å². The molecule has 5 heteroatoms. The lowest BCUT2D eigenvalue weighted by Gasteiger charge is -2.20. The van der Waals surface area contributed by atoms with E-state index in [0.717, 1.165) is 17.7 Å². The first-order valence-electron chi connectivity index (χ1n) is 7.40. The molecule has 1 saturated carbocycles. The molecule has 116 valence electrons. The molecule has 1 aliphatic carbocycles. The highest BCUT2D eigenvalue weighted by atomic mass is 32.1. The summed E-state index contributed by atoms with van der Waals surface area (Å²) < 4.78 is 0. The van der Waals surface area contributed by atoms with Gasteiger partial charge in [-0.05, 0) is 24.3 Å². The molecule has 3 rings (SSSR count). The number of benzene rings is 1. The lowest BCUT2D eigenvalue weighted by Crippen LogP contribution is -2.37. The minimum Gasteiger partial charge on any atom is -0.375 e. The number of carbonyl (C=O) groups excluding carboxylic acids is 1. The fourth-order valence-corrected chi connectivity index (χ4v) is 3.76. The largest absolute Gasteiger partial charge is 0.375 e. The number of rotatable bonds is 4. The van der Waals surface area contributed by atoms with E-state index < -0.39 is 5.41 Å². The predicted octanol–water partition coefficient (Wildman–Crippen LogP) is 3.02. The SMILES string of the molecule is Cc1ccc(C2(C(=O)NCc3csc(N)n3)CC2(C)C)cc1. The van der Waals surface area contributed by atoms with E-state index in [2.05, 4.69) is 55.3 Å². The summed E-state index contributed by atoms with van der Waals surface area (Å²) in [6.07, 6.45) is 0.869. The highest BCUT2D eigenvalue weighted by molar-refractivity contribution is 7.13. The minimum absolute atomic E-state index is 0.0204. The maximum absolute atomic E-state index is 12.8. The van der Waals surface area contributed by atoms with E-state index in [0.29, 0.717) is 11.7 Å². The quantitative estimate of drug-likeness (QED) is 0.911. The van der Waals surface area contributed by atoms with Crippen molar-refractivity contribution in [3.8, 4) is 0 Å². The molecule has 1 fully saturated rings. The zero-order valence-electron chi connectivity index (χ0n) is 13.1. The Morgan fingerprint density at radius 2 is 2.00 bits per heavy atom. The Kier molecular flexibility index (Phi) is 3.48. The van der Waals surface area contributed by atoms with Gasteiger partial charge in [-0.25, -0.2) is 4.98 Å². The van der Waals surface area contributed by atoms with Crippen LogP contribution in [0.5, 0.6) is 0 Å². The molecule has 0 bridgehead atoms. The summed E-state index contributed by atoms with van der Waals surface area (Å²) >= 11 is 1.39. The van der Waals surface area contributed by atoms with Gasteiger partial charge in [0.2, 0.25) is 5.91 Å². The van der Waals surface area contributed by atoms with Gasteiger partial charge < -0.3 is 11.1 Å². The van der Waals surface area contributed by atoms with E-state index in [1.807, 2.05) is 5.38 Å². The fourth-order valence-electron chi connectivity index (χ4n) is 3.19. The Labute approximate surface area is 134 Å². The van der Waals surface area contributed by atoms with Gasteiger partial charge in [0.05, 0.1) is 17.7 Å². The summed E-state index contributed by atoms with van der Waals surface area (Å²) in [5, 5.41) is 5.45. The molecule has 3 N–H and O–H groups in total. The highest BCUT2D eigenvalue weighted by Crippen LogP contribution is 2.64. The van der Waals surface area contributed by atoms with Gasteiger partial charge in [-0.3, -0.25) is 4.79 Å². The van der Waals surface area contributed by atoms with Gasteiger partial charge in [0.15, 0.2) is 5.13 Å². The third-order valence-electron chi connectivity index (χ3n) is 4.67. The molecule has 1 aromatic carbocycles. The number of carbonyl (C=O) groups is 1. The molecule has 1 amide bonds. The number of aromatic nitrogens is 1. The molecule has 0 spiro atoms. The molecule has 0 aliphatic heterocycles. The van der Waals surface area contributed by atoms with Crippen LogP contribution in [-0.2, 0) is 16.8 Å². The predicted molar refractivity (Wildman–Crippen MR) is 89.6 cm³/mol. The van der Waals surface area contributed by atoms with Crippen LogP contribution in [-0.4, -0.2) is 10.9 Å². The van der Waals surface area contributed by atoms with Gasteiger partial charge in [-0.15, -0.1) is 11.3 Å². The van der Waals surface area contributed by atoms with E-state index >= 15 is 0 Å². The van der Waals surface area contributed by atoms with Crippen molar-refractivity contribution in [2.75, 3.05) is 5.73 Å². The lowest BCUT2D eigenvalue weighted by atomic mass is 9.86. The van der Waals surface area contributed by atoms with Crippen LogP contribution >= 0.6 is 11.3 Å². The van der Waals surface area contributed by atoms with Gasteiger partial charge >= 0.3 is 0 Å². The molecular formula is C17H21N3OS. The van der Waals surface area contributed by atoms with Gasteiger partial charge in [-0.2, -0.15) is 0 Å². The molecule has 2 aromatic rings. The van der Waals surface area contributed by atoms with Crippen molar-refractivity contribution in [1.82, 2.24) is 10.3 Å². The number of nitrogens with two attached hydrogens (primary N) is 1. The van der Waals surface area contributed by atoms with Crippen LogP contribution in [0.4, 0.5) is 5.13 Å². The molecular weight excluding hydrogens is 294 g/mol. The van der Waals surface area contributed by atoms with Gasteiger partial charge in [-0.1, -0.05) is 43.7 Å². The van der Waals surface area contributed by atoms with Crippen molar-refractivity contribution in [2.24, 2.45) is 5.41 Å². The van der Waals surface area contributed by atoms with E-state index in [1.54, 1.807) is 0 Å². The van der Waals surface area contributed by atoms with Crippen LogP contribution in [0.3, 0.4) is 0 Å². The Bertz CT molecular complexity index is 705. The van der Waals surface area contributed by atoms with Crippen molar-refractivity contribution >= 4 is 22.4 Å². The Morgan fingerprint density at radius 3 is 2.50 bits per heavy atom. The maximum atomic E-state index is 12.8. The number of nitrogens with one attached hydrogen (secondary N) is 1. The van der Waals surface area contributed by atoms with E-state index in [-0.39, 0.29) is 11.3 Å². The molecule has 1 unspecified atom stereocenters. The average molecular weight is 315 g/mol. The number of anilines is 1. The van der Waals surface area contributed by atoms with Crippen molar-refractivity contribution < 1.29 is 4.79 Å². The highest BCUT2D eigenvalue weighted by Gasteiger charge is 2.66. The number of nitrogen functional groups attached to an aromatic ring is 1. The summed E-state index contributed by atoms with van der Waals surface area (Å²) in [4.78, 5) is 17.0. The average Bonchev–Trinajstić information content (AvgIpc) is 2.84. The number of nitrogens with zero attached hydrogens (tertiary/aromatic N) is 1. The summed E-state index contributed by atoms with van der Waals surface area (Å²) in [7, 11) is 0. The van der Waals surface area contributed by atoms with Crippen LogP contribution in [0.15, 0.2) is 29.6 Å². The second kappa shape index (κ2) is 5.09. The zero-order chi connectivity index (χ0) is 16.0. The number of aryl methyl sites for hydroxylation is 1. The summed E-state index contributed by atoms with van der Waals surface area (Å²) in [5.41, 5.74) is 8.29. The molecule has 4 nitrogen and oxygen atoms in total. The third-order valence-corrected chi connectivity index (χ3v) is 5.39. The monoisotopic (exact) mass is 315 g/mol. The Hall–Kier alpha value is -1.88.